The van der Waals surface area contributed by atoms with Gasteiger partial charge in [-0.2, -0.15) is 0 Å². The molecule has 0 aliphatic heterocycles. The zero-order valence-corrected chi connectivity index (χ0v) is 30.5. The topological polar surface area (TPSA) is 153 Å². The van der Waals surface area contributed by atoms with E-state index < -0.39 is 19.5 Å². The molecule has 2 heterocycles. The van der Waals surface area contributed by atoms with Crippen LogP contribution in [0, 0.1) is 0 Å². The van der Waals surface area contributed by atoms with Crippen molar-refractivity contribution < 1.29 is 28.1 Å². The molecule has 0 spiro atoms. The second-order valence-electron chi connectivity index (χ2n) is 12.5. The molecule has 2 rings (SSSR count). The second kappa shape index (κ2) is 24.9. The summed E-state index contributed by atoms with van der Waals surface area (Å²) in [5.74, 6) is -0.181. The number of imidazole rings is 1. The molecule has 2 aromatic rings. The van der Waals surface area contributed by atoms with Crippen LogP contribution in [0.3, 0.4) is 0 Å². The van der Waals surface area contributed by atoms with E-state index in [4.69, 9.17) is 24.5 Å². The van der Waals surface area contributed by atoms with Gasteiger partial charge in [0.05, 0.1) is 32.2 Å². The smallest absolute Gasteiger partial charge is 0.323 e. The monoisotopic (exact) mass is 682 g/mol. The van der Waals surface area contributed by atoms with Crippen molar-refractivity contribution >= 4 is 30.5 Å². The number of fused-ring (bicyclic) bond motifs is 1. The summed E-state index contributed by atoms with van der Waals surface area (Å²) in [6.07, 6.45) is 22.3. The summed E-state index contributed by atoms with van der Waals surface area (Å²) >= 11 is 0. The molecule has 0 aliphatic carbocycles. The molecular formula is C34H63N6O6P. The van der Waals surface area contributed by atoms with E-state index in [1.807, 2.05) is 13.8 Å². The number of rotatable bonds is 30. The summed E-state index contributed by atoms with van der Waals surface area (Å²) in [5, 5.41) is 2.85. The highest BCUT2D eigenvalue weighted by Crippen LogP contribution is 2.43. The highest BCUT2D eigenvalue weighted by molar-refractivity contribution is 7.56. The molecule has 3 N–H and O–H groups in total. The summed E-state index contributed by atoms with van der Waals surface area (Å²) in [7, 11) is -3.55. The number of hydrogen-bond donors (Lipinski definition) is 2. The van der Waals surface area contributed by atoms with Gasteiger partial charge < -0.3 is 29.0 Å². The lowest BCUT2D eigenvalue weighted by atomic mass is 10.0. The standard InChI is InChI=1S/C34H63N6O6P/c1-5-7-8-9-10-11-12-13-14-15-16-17-18-19-22-43-23-20-24-46-47(42,39-30(4)34(41)44-21-6-2)28-45-29(3)25-40-27-38-31-32(35)36-26-37-33(31)40/h26-27,29-30H,5-25,28H2,1-4H3,(H,39,42)(H2,35,36,37)/t29-,30+,47?/m1/s1. The van der Waals surface area contributed by atoms with E-state index >= 15 is 0 Å². The molecule has 0 radical (unpaired) electrons. The first-order chi connectivity index (χ1) is 22.8. The van der Waals surface area contributed by atoms with E-state index in [1.165, 1.54) is 89.8 Å². The zero-order valence-electron chi connectivity index (χ0n) is 29.6. The third-order valence-electron chi connectivity index (χ3n) is 7.98. The molecule has 0 amide bonds. The lowest BCUT2D eigenvalue weighted by Crippen LogP contribution is -2.35. The Morgan fingerprint density at radius 2 is 1.45 bits per heavy atom. The Kier molecular flexibility index (Phi) is 21.8. The van der Waals surface area contributed by atoms with Crippen LogP contribution >= 0.6 is 7.52 Å². The van der Waals surface area contributed by atoms with Crippen molar-refractivity contribution in [2.75, 3.05) is 38.5 Å². The number of esters is 1. The predicted molar refractivity (Wildman–Crippen MR) is 188 cm³/mol. The number of carbonyl (C=O) groups excluding carboxylic acids is 1. The van der Waals surface area contributed by atoms with Gasteiger partial charge in [0.25, 0.3) is 7.52 Å². The van der Waals surface area contributed by atoms with Crippen LogP contribution in [-0.4, -0.2) is 70.4 Å². The maximum absolute atomic E-state index is 13.8. The van der Waals surface area contributed by atoms with Crippen molar-refractivity contribution in [3.8, 4) is 0 Å². The van der Waals surface area contributed by atoms with Crippen molar-refractivity contribution in [2.45, 2.75) is 149 Å². The average molecular weight is 683 g/mol. The molecule has 1 unspecified atom stereocenters. The number of ether oxygens (including phenoxy) is 3. The van der Waals surface area contributed by atoms with Gasteiger partial charge in [0.2, 0.25) is 0 Å². The Morgan fingerprint density at radius 3 is 2.09 bits per heavy atom. The van der Waals surface area contributed by atoms with Crippen molar-refractivity contribution in [3.05, 3.63) is 12.7 Å². The van der Waals surface area contributed by atoms with Gasteiger partial charge in [-0.3, -0.25) is 9.36 Å². The Bertz CT molecular complexity index is 1150. The summed E-state index contributed by atoms with van der Waals surface area (Å²) in [6.45, 7) is 9.78. The van der Waals surface area contributed by atoms with Crippen LogP contribution in [0.5, 0.6) is 0 Å². The Labute approximate surface area is 283 Å². The predicted octanol–water partition coefficient (Wildman–Crippen LogP) is 7.80. The van der Waals surface area contributed by atoms with Crippen LogP contribution in [0.2, 0.25) is 0 Å². The van der Waals surface area contributed by atoms with E-state index in [0.717, 1.165) is 6.42 Å². The van der Waals surface area contributed by atoms with Crippen LogP contribution < -0.4 is 10.8 Å². The molecular weight excluding hydrogens is 619 g/mol. The third-order valence-corrected chi connectivity index (χ3v) is 9.85. The number of nitrogens with zero attached hydrogens (tertiary/aromatic N) is 4. The van der Waals surface area contributed by atoms with Crippen molar-refractivity contribution in [2.24, 2.45) is 0 Å². The van der Waals surface area contributed by atoms with Gasteiger partial charge in [0.1, 0.15) is 24.2 Å². The highest BCUT2D eigenvalue weighted by atomic mass is 31.2. The van der Waals surface area contributed by atoms with Gasteiger partial charge in [-0.1, -0.05) is 97.3 Å². The number of aromatic nitrogens is 4. The van der Waals surface area contributed by atoms with Gasteiger partial charge >= 0.3 is 5.97 Å². The van der Waals surface area contributed by atoms with Crippen molar-refractivity contribution in [3.63, 3.8) is 0 Å². The van der Waals surface area contributed by atoms with Crippen LogP contribution in [0.4, 0.5) is 5.82 Å². The molecule has 12 nitrogen and oxygen atoms in total. The number of nitrogen functional groups attached to an aromatic ring is 1. The van der Waals surface area contributed by atoms with Crippen LogP contribution in [0.1, 0.15) is 130 Å². The van der Waals surface area contributed by atoms with Crippen molar-refractivity contribution in [1.29, 1.82) is 0 Å². The fourth-order valence-corrected chi connectivity index (χ4v) is 7.04. The number of nitrogens with two attached hydrogens (primary N) is 1. The van der Waals surface area contributed by atoms with Gasteiger partial charge in [0, 0.05) is 13.2 Å². The number of nitrogens with one attached hydrogen (secondary N) is 1. The molecule has 0 aliphatic rings. The molecule has 2 aromatic heterocycles. The summed E-state index contributed by atoms with van der Waals surface area (Å²) < 4.78 is 38.4. The zero-order chi connectivity index (χ0) is 34.2. The Hall–Kier alpha value is -2.11. The number of carbonyl (C=O) groups is 1. The highest BCUT2D eigenvalue weighted by Gasteiger charge is 2.30. The van der Waals surface area contributed by atoms with Crippen LogP contribution in [0.25, 0.3) is 11.2 Å². The second-order valence-corrected chi connectivity index (χ2v) is 14.6. The minimum absolute atomic E-state index is 0.208. The third kappa shape index (κ3) is 17.7. The van der Waals surface area contributed by atoms with E-state index in [-0.39, 0.29) is 19.1 Å². The molecule has 270 valence electrons. The number of unbranched alkanes of at least 4 members (excludes halogenated alkanes) is 13. The lowest BCUT2D eigenvalue weighted by molar-refractivity contribution is -0.145. The van der Waals surface area contributed by atoms with E-state index in [2.05, 4.69) is 27.0 Å². The normalized spacial score (nSPS) is 14.3. The fraction of sp³-hybridized carbons (Fsp3) is 0.824. The average Bonchev–Trinajstić information content (AvgIpc) is 3.47. The molecule has 0 bridgehead atoms. The summed E-state index contributed by atoms with van der Waals surface area (Å²) in [5.41, 5.74) is 7.00. The molecule has 3 atom stereocenters. The Balaban J connectivity index is 1.64. The van der Waals surface area contributed by atoms with Crippen molar-refractivity contribution in [1.82, 2.24) is 24.6 Å². The fourth-order valence-electron chi connectivity index (χ4n) is 5.25. The quantitative estimate of drug-likeness (QED) is 0.0471. The minimum atomic E-state index is -3.55. The maximum atomic E-state index is 13.8. The summed E-state index contributed by atoms with van der Waals surface area (Å²) in [4.78, 5) is 24.9. The van der Waals surface area contributed by atoms with E-state index in [9.17, 15) is 9.36 Å². The van der Waals surface area contributed by atoms with Gasteiger partial charge in [-0.15, -0.1) is 0 Å². The van der Waals surface area contributed by atoms with Gasteiger partial charge in [0.15, 0.2) is 11.5 Å². The van der Waals surface area contributed by atoms with E-state index in [1.54, 1.807) is 17.8 Å². The molecule has 0 saturated heterocycles. The molecule has 47 heavy (non-hydrogen) atoms. The van der Waals surface area contributed by atoms with E-state index in [0.29, 0.717) is 56.2 Å². The van der Waals surface area contributed by atoms with Gasteiger partial charge in [-0.05, 0) is 33.1 Å². The van der Waals surface area contributed by atoms with Crippen LogP contribution in [0.15, 0.2) is 12.7 Å². The Morgan fingerprint density at radius 1 is 0.830 bits per heavy atom. The first-order valence-corrected chi connectivity index (χ1v) is 19.9. The van der Waals surface area contributed by atoms with Crippen LogP contribution in [-0.2, 0) is 34.6 Å². The number of anilines is 1. The minimum Gasteiger partial charge on any atom is -0.465 e. The number of hydrogen-bond acceptors (Lipinski definition) is 10. The lowest BCUT2D eigenvalue weighted by Gasteiger charge is -2.24. The first kappa shape index (κ1) is 41.1. The summed E-state index contributed by atoms with van der Waals surface area (Å²) in [6, 6.07) is -0.819. The SMILES string of the molecule is CCCCCCCCCCCCCCCCOCCCOP(=O)(CO[C@H](C)Cn1cnc2c(N)ncnc21)N[C@@H](C)C(=O)OCCC. The molecule has 13 heteroatoms. The molecule has 0 fully saturated rings. The molecule has 0 saturated carbocycles. The first-order valence-electron chi connectivity index (χ1n) is 18.1. The maximum Gasteiger partial charge on any atom is 0.323 e. The van der Waals surface area contributed by atoms with Gasteiger partial charge in [-0.25, -0.2) is 20.0 Å². The largest absolute Gasteiger partial charge is 0.465 e. The molecule has 0 aromatic carbocycles.